The van der Waals surface area contributed by atoms with Crippen LogP contribution >= 0.6 is 0 Å². The van der Waals surface area contributed by atoms with Crippen LogP contribution in [0.15, 0.2) is 0 Å². The van der Waals surface area contributed by atoms with Gasteiger partial charge in [0.1, 0.15) is 12.6 Å². The Hall–Kier alpha value is -1.10. The molecule has 0 aliphatic heterocycles. The fourth-order valence-corrected chi connectivity index (χ4v) is 1.98. The monoisotopic (exact) mass is 243 g/mol. The minimum atomic E-state index is -0.364. The molecule has 0 bridgehead atoms. The summed E-state index contributed by atoms with van der Waals surface area (Å²) in [5, 5.41) is 0. The van der Waals surface area contributed by atoms with Crippen LogP contribution in [0.1, 0.15) is 32.6 Å². The molecule has 1 fully saturated rings. The number of esters is 1. The van der Waals surface area contributed by atoms with Gasteiger partial charge in [0.25, 0.3) is 0 Å². The van der Waals surface area contributed by atoms with E-state index in [1.807, 2.05) is 0 Å². The van der Waals surface area contributed by atoms with Crippen molar-refractivity contribution in [2.24, 2.45) is 0 Å². The average molecular weight is 243 g/mol. The van der Waals surface area contributed by atoms with Crippen LogP contribution in [0.4, 0.5) is 0 Å². The van der Waals surface area contributed by atoms with E-state index in [-0.39, 0.29) is 30.6 Å². The van der Waals surface area contributed by atoms with Crippen molar-refractivity contribution in [3.63, 3.8) is 0 Å². The first kappa shape index (κ1) is 14.0. The van der Waals surface area contributed by atoms with Crippen LogP contribution in [0.5, 0.6) is 0 Å². The number of carbonyl (C=O) groups is 2. The molecule has 0 N–H and O–H groups in total. The normalized spacial score (nSPS) is 24.2. The Balaban J connectivity index is 2.41. The fraction of sp³-hybridized carbons (Fsp3) is 0.833. The largest absolute Gasteiger partial charge is 0.458 e. The topological polar surface area (TPSA) is 55.8 Å². The lowest BCUT2D eigenvalue weighted by Gasteiger charge is -2.30. The summed E-state index contributed by atoms with van der Waals surface area (Å²) < 4.78 is 10.7. The second kappa shape index (κ2) is 6.59. The van der Waals surface area contributed by atoms with Crippen molar-refractivity contribution >= 4 is 11.9 Å². The van der Waals surface area contributed by atoms with E-state index >= 15 is 0 Å². The van der Waals surface area contributed by atoms with Gasteiger partial charge in [-0.05, 0) is 19.3 Å². The van der Waals surface area contributed by atoms with Gasteiger partial charge in [0.05, 0.1) is 6.10 Å². The highest BCUT2D eigenvalue weighted by Gasteiger charge is 2.28. The molecule has 5 nitrogen and oxygen atoms in total. The van der Waals surface area contributed by atoms with Gasteiger partial charge in [-0.15, -0.1) is 0 Å². The molecule has 5 heteroatoms. The van der Waals surface area contributed by atoms with Crippen LogP contribution < -0.4 is 0 Å². The van der Waals surface area contributed by atoms with Gasteiger partial charge in [-0.25, -0.2) is 0 Å². The molecule has 0 spiro atoms. The maximum atomic E-state index is 11.6. The third-order valence-corrected chi connectivity index (χ3v) is 3.13. The smallest absolute Gasteiger partial charge is 0.325 e. The van der Waals surface area contributed by atoms with E-state index in [4.69, 9.17) is 9.47 Å². The van der Waals surface area contributed by atoms with E-state index in [0.717, 1.165) is 25.7 Å². The van der Waals surface area contributed by atoms with E-state index in [2.05, 4.69) is 0 Å². The number of hydrogen-bond acceptors (Lipinski definition) is 4. The Kier molecular flexibility index (Phi) is 5.41. The van der Waals surface area contributed by atoms with Crippen molar-refractivity contribution in [1.29, 1.82) is 0 Å². The van der Waals surface area contributed by atoms with Crippen LogP contribution in [0.25, 0.3) is 0 Å². The lowest BCUT2D eigenvalue weighted by Crippen LogP contribution is -2.39. The molecule has 2 atom stereocenters. The van der Waals surface area contributed by atoms with Gasteiger partial charge in [-0.3, -0.25) is 9.59 Å². The van der Waals surface area contributed by atoms with Gasteiger partial charge < -0.3 is 14.4 Å². The fourth-order valence-electron chi connectivity index (χ4n) is 1.98. The molecule has 0 aromatic rings. The number of rotatable bonds is 4. The maximum Gasteiger partial charge on any atom is 0.325 e. The Bertz CT molecular complexity index is 280. The number of hydrogen-bond donors (Lipinski definition) is 0. The summed E-state index contributed by atoms with van der Waals surface area (Å²) in [5.74, 6) is -0.509. The number of carbonyl (C=O) groups excluding carboxylic acids is 2. The van der Waals surface area contributed by atoms with Crippen LogP contribution in [0.2, 0.25) is 0 Å². The summed E-state index contributed by atoms with van der Waals surface area (Å²) in [5.41, 5.74) is 0. The van der Waals surface area contributed by atoms with Crippen LogP contribution in [-0.2, 0) is 19.1 Å². The van der Waals surface area contributed by atoms with E-state index in [9.17, 15) is 9.59 Å². The Morgan fingerprint density at radius 3 is 2.35 bits per heavy atom. The summed E-state index contributed by atoms with van der Waals surface area (Å²) in [6.45, 7) is 1.42. The van der Waals surface area contributed by atoms with E-state index < -0.39 is 0 Å². The van der Waals surface area contributed by atoms with Gasteiger partial charge in [0.15, 0.2) is 0 Å². The Morgan fingerprint density at radius 2 is 1.82 bits per heavy atom. The molecule has 17 heavy (non-hydrogen) atoms. The SMILES string of the molecule is CO[C@@H]1CCCC[C@H]1OC(=O)CN(C)C(C)=O. The van der Waals surface area contributed by atoms with Crippen molar-refractivity contribution in [2.75, 3.05) is 20.7 Å². The summed E-state index contributed by atoms with van der Waals surface area (Å²) in [4.78, 5) is 23.9. The van der Waals surface area contributed by atoms with Gasteiger partial charge in [-0.1, -0.05) is 6.42 Å². The van der Waals surface area contributed by atoms with E-state index in [1.165, 1.54) is 11.8 Å². The summed E-state index contributed by atoms with van der Waals surface area (Å²) in [6, 6.07) is 0. The molecule has 1 aliphatic carbocycles. The molecule has 98 valence electrons. The minimum Gasteiger partial charge on any atom is -0.458 e. The highest BCUT2D eigenvalue weighted by molar-refractivity contribution is 5.80. The summed E-state index contributed by atoms with van der Waals surface area (Å²) >= 11 is 0. The molecule has 0 aromatic heterocycles. The maximum absolute atomic E-state index is 11.6. The van der Waals surface area contributed by atoms with Crippen LogP contribution in [0.3, 0.4) is 0 Å². The first-order valence-electron chi connectivity index (χ1n) is 5.98. The zero-order valence-corrected chi connectivity index (χ0v) is 10.8. The van der Waals surface area contributed by atoms with Gasteiger partial charge >= 0.3 is 5.97 Å². The molecule has 1 amide bonds. The van der Waals surface area contributed by atoms with Crippen molar-refractivity contribution in [1.82, 2.24) is 4.90 Å². The molecule has 0 unspecified atom stereocenters. The van der Waals surface area contributed by atoms with Crippen molar-refractivity contribution in [3.05, 3.63) is 0 Å². The molecule has 1 aliphatic rings. The molecule has 0 radical (unpaired) electrons. The van der Waals surface area contributed by atoms with Crippen LogP contribution in [0, 0.1) is 0 Å². The number of ether oxygens (including phenoxy) is 2. The van der Waals surface area contributed by atoms with Crippen molar-refractivity contribution < 1.29 is 19.1 Å². The summed E-state index contributed by atoms with van der Waals surface area (Å²) in [7, 11) is 3.22. The number of likely N-dealkylation sites (N-methyl/N-ethyl adjacent to an activating group) is 1. The number of amides is 1. The Morgan fingerprint density at radius 1 is 1.24 bits per heavy atom. The lowest BCUT2D eigenvalue weighted by atomic mass is 9.94. The first-order valence-corrected chi connectivity index (χ1v) is 5.98. The molecular formula is C12H21NO4. The standard InChI is InChI=1S/C12H21NO4/c1-9(14)13(2)8-12(15)17-11-7-5-4-6-10(11)16-3/h10-11H,4-8H2,1-3H3/t10-,11-/m1/s1. The second-order valence-electron chi connectivity index (χ2n) is 4.46. The minimum absolute atomic E-state index is 0.00225. The first-order chi connectivity index (χ1) is 8.04. The lowest BCUT2D eigenvalue weighted by molar-refractivity contribution is -0.161. The highest BCUT2D eigenvalue weighted by Crippen LogP contribution is 2.23. The van der Waals surface area contributed by atoms with Crippen LogP contribution in [-0.4, -0.2) is 49.7 Å². The third-order valence-electron chi connectivity index (χ3n) is 3.13. The zero-order valence-electron chi connectivity index (χ0n) is 10.8. The Labute approximate surface area is 102 Å². The van der Waals surface area contributed by atoms with Gasteiger partial charge in [-0.2, -0.15) is 0 Å². The molecule has 0 saturated heterocycles. The average Bonchev–Trinajstić information content (AvgIpc) is 2.29. The molecule has 0 aromatic carbocycles. The van der Waals surface area contributed by atoms with Gasteiger partial charge in [0, 0.05) is 21.1 Å². The van der Waals surface area contributed by atoms with Crippen molar-refractivity contribution in [2.45, 2.75) is 44.8 Å². The molecule has 1 rings (SSSR count). The predicted molar refractivity (Wildman–Crippen MR) is 62.5 cm³/mol. The summed E-state index contributed by atoms with van der Waals surface area (Å²) in [6.07, 6.45) is 3.77. The zero-order chi connectivity index (χ0) is 12.8. The van der Waals surface area contributed by atoms with Gasteiger partial charge in [0.2, 0.25) is 5.91 Å². The molecule has 0 heterocycles. The highest BCUT2D eigenvalue weighted by atomic mass is 16.6. The predicted octanol–water partition coefficient (Wildman–Crippen LogP) is 0.965. The van der Waals surface area contributed by atoms with E-state index in [0.29, 0.717) is 0 Å². The molecule has 1 saturated carbocycles. The third kappa shape index (κ3) is 4.34. The van der Waals surface area contributed by atoms with E-state index in [1.54, 1.807) is 14.2 Å². The molecular weight excluding hydrogens is 222 g/mol. The number of nitrogens with zero attached hydrogens (tertiary/aromatic N) is 1. The van der Waals surface area contributed by atoms with Crippen molar-refractivity contribution in [3.8, 4) is 0 Å². The second-order valence-corrected chi connectivity index (χ2v) is 4.46. The number of methoxy groups -OCH3 is 1. The quantitative estimate of drug-likeness (QED) is 0.690.